The van der Waals surface area contributed by atoms with Crippen LogP contribution in [-0.4, -0.2) is 38.8 Å². The lowest BCUT2D eigenvalue weighted by molar-refractivity contribution is 0.0927. The van der Waals surface area contributed by atoms with Gasteiger partial charge in [0.2, 0.25) is 5.88 Å². The van der Waals surface area contributed by atoms with Gasteiger partial charge in [0.05, 0.1) is 12.7 Å². The molecule has 0 aliphatic carbocycles. The topological polar surface area (TPSA) is 81.9 Å². The van der Waals surface area contributed by atoms with E-state index in [0.29, 0.717) is 18.0 Å². The lowest BCUT2D eigenvalue weighted by Crippen LogP contribution is -2.41. The lowest BCUT2D eigenvalue weighted by atomic mass is 10.1. The number of rotatable bonds is 4. The minimum absolute atomic E-state index is 0.0237. The number of fused-ring (bicyclic) bond motifs is 1. The van der Waals surface area contributed by atoms with Crippen molar-refractivity contribution < 1.29 is 9.53 Å². The molecule has 0 saturated carbocycles. The highest BCUT2D eigenvalue weighted by Gasteiger charge is 2.25. The number of hydrogen-bond acceptors (Lipinski definition) is 5. The maximum atomic E-state index is 12.5. The average Bonchev–Trinajstić information content (AvgIpc) is 3.12. The molecule has 0 radical (unpaired) electrons. The third kappa shape index (κ3) is 3.15. The SMILES string of the molecule is COc1ccc(C(=O)NC2CCc3nnc(-c4ccccc4)n3C2)cn1. The van der Waals surface area contributed by atoms with Crippen molar-refractivity contribution in [1.29, 1.82) is 0 Å². The number of aryl methyl sites for hydroxylation is 1. The van der Waals surface area contributed by atoms with Crippen LogP contribution in [0.2, 0.25) is 0 Å². The molecule has 1 aromatic carbocycles. The quantitative estimate of drug-likeness (QED) is 0.780. The van der Waals surface area contributed by atoms with Gasteiger partial charge in [-0.15, -0.1) is 10.2 Å². The summed E-state index contributed by atoms with van der Waals surface area (Å²) in [5.74, 6) is 2.15. The lowest BCUT2D eigenvalue weighted by Gasteiger charge is -2.25. The van der Waals surface area contributed by atoms with E-state index < -0.39 is 0 Å². The van der Waals surface area contributed by atoms with Gasteiger partial charge in [-0.1, -0.05) is 30.3 Å². The molecule has 2 aromatic heterocycles. The molecule has 132 valence electrons. The standard InChI is InChI=1S/C19H19N5O2/c1-26-17-10-7-14(11-20-17)19(25)21-15-8-9-16-22-23-18(24(16)12-15)13-5-3-2-4-6-13/h2-7,10-11,15H,8-9,12H2,1H3,(H,21,25). The van der Waals surface area contributed by atoms with Crippen LogP contribution in [0.15, 0.2) is 48.7 Å². The molecule has 0 saturated heterocycles. The Balaban J connectivity index is 1.49. The average molecular weight is 349 g/mol. The minimum Gasteiger partial charge on any atom is -0.481 e. The summed E-state index contributed by atoms with van der Waals surface area (Å²) in [4.78, 5) is 16.6. The van der Waals surface area contributed by atoms with Crippen LogP contribution in [0.5, 0.6) is 5.88 Å². The molecule has 7 nitrogen and oxygen atoms in total. The Morgan fingerprint density at radius 3 is 2.77 bits per heavy atom. The number of hydrogen-bond donors (Lipinski definition) is 1. The highest BCUT2D eigenvalue weighted by atomic mass is 16.5. The van der Waals surface area contributed by atoms with E-state index in [-0.39, 0.29) is 11.9 Å². The fraction of sp³-hybridized carbons (Fsp3) is 0.263. The van der Waals surface area contributed by atoms with E-state index in [1.54, 1.807) is 19.2 Å². The summed E-state index contributed by atoms with van der Waals surface area (Å²) < 4.78 is 7.12. The molecule has 1 aliphatic heterocycles. The molecule has 3 aromatic rings. The van der Waals surface area contributed by atoms with E-state index in [2.05, 4.69) is 25.1 Å². The molecule has 3 heterocycles. The van der Waals surface area contributed by atoms with Crippen LogP contribution in [0.1, 0.15) is 22.6 Å². The number of carbonyl (C=O) groups excluding carboxylic acids is 1. The van der Waals surface area contributed by atoms with Crippen molar-refractivity contribution in [3.8, 4) is 17.3 Å². The van der Waals surface area contributed by atoms with E-state index >= 15 is 0 Å². The summed E-state index contributed by atoms with van der Waals surface area (Å²) in [6.07, 6.45) is 3.14. The van der Waals surface area contributed by atoms with Crippen molar-refractivity contribution in [2.24, 2.45) is 0 Å². The Kier molecular flexibility index (Phi) is 4.35. The second-order valence-corrected chi connectivity index (χ2v) is 6.21. The molecule has 0 fully saturated rings. The van der Waals surface area contributed by atoms with Crippen LogP contribution in [0.4, 0.5) is 0 Å². The van der Waals surface area contributed by atoms with Gasteiger partial charge >= 0.3 is 0 Å². The maximum Gasteiger partial charge on any atom is 0.253 e. The predicted molar refractivity (Wildman–Crippen MR) is 95.8 cm³/mol. The van der Waals surface area contributed by atoms with Gasteiger partial charge in [0.1, 0.15) is 5.82 Å². The molecule has 1 N–H and O–H groups in total. The van der Waals surface area contributed by atoms with Gasteiger partial charge in [-0.05, 0) is 12.5 Å². The zero-order chi connectivity index (χ0) is 17.9. The molecule has 1 atom stereocenters. The predicted octanol–water partition coefficient (Wildman–Crippen LogP) is 2.09. The number of methoxy groups -OCH3 is 1. The summed E-state index contributed by atoms with van der Waals surface area (Å²) in [5.41, 5.74) is 1.54. The third-order valence-corrected chi connectivity index (χ3v) is 4.52. The first-order valence-electron chi connectivity index (χ1n) is 8.53. The van der Waals surface area contributed by atoms with Crippen molar-refractivity contribution in [2.45, 2.75) is 25.4 Å². The second kappa shape index (κ2) is 6.95. The molecule has 0 bridgehead atoms. The smallest absolute Gasteiger partial charge is 0.253 e. The van der Waals surface area contributed by atoms with Crippen LogP contribution in [0.3, 0.4) is 0 Å². The highest BCUT2D eigenvalue weighted by molar-refractivity contribution is 5.94. The van der Waals surface area contributed by atoms with E-state index in [0.717, 1.165) is 30.1 Å². The van der Waals surface area contributed by atoms with Crippen LogP contribution >= 0.6 is 0 Å². The molecule has 4 rings (SSSR count). The van der Waals surface area contributed by atoms with Crippen LogP contribution < -0.4 is 10.1 Å². The van der Waals surface area contributed by atoms with Gasteiger partial charge in [-0.25, -0.2) is 4.98 Å². The van der Waals surface area contributed by atoms with Gasteiger partial charge in [-0.2, -0.15) is 0 Å². The van der Waals surface area contributed by atoms with Crippen molar-refractivity contribution in [2.75, 3.05) is 7.11 Å². The summed E-state index contributed by atoms with van der Waals surface area (Å²) in [6, 6.07) is 13.4. The molecule has 7 heteroatoms. The van der Waals surface area contributed by atoms with Gasteiger partial charge in [-0.3, -0.25) is 4.79 Å². The summed E-state index contributed by atoms with van der Waals surface area (Å²) in [5, 5.41) is 11.7. The van der Waals surface area contributed by atoms with Crippen molar-refractivity contribution in [3.63, 3.8) is 0 Å². The Bertz CT molecular complexity index is 905. The number of amides is 1. The monoisotopic (exact) mass is 349 g/mol. The third-order valence-electron chi connectivity index (χ3n) is 4.52. The van der Waals surface area contributed by atoms with E-state index in [1.807, 2.05) is 30.3 Å². The second-order valence-electron chi connectivity index (χ2n) is 6.21. The number of nitrogens with zero attached hydrogens (tertiary/aromatic N) is 4. The normalized spacial score (nSPS) is 16.0. The number of nitrogens with one attached hydrogen (secondary N) is 1. The van der Waals surface area contributed by atoms with E-state index in [4.69, 9.17) is 4.74 Å². The molecular weight excluding hydrogens is 330 g/mol. The van der Waals surface area contributed by atoms with Gasteiger partial charge in [0.15, 0.2) is 5.82 Å². The Morgan fingerprint density at radius 2 is 2.04 bits per heavy atom. The zero-order valence-corrected chi connectivity index (χ0v) is 14.4. The molecular formula is C19H19N5O2. The summed E-state index contributed by atoms with van der Waals surface area (Å²) >= 11 is 0. The molecule has 1 unspecified atom stereocenters. The zero-order valence-electron chi connectivity index (χ0n) is 14.4. The van der Waals surface area contributed by atoms with Gasteiger partial charge < -0.3 is 14.6 Å². The largest absolute Gasteiger partial charge is 0.481 e. The van der Waals surface area contributed by atoms with Crippen molar-refractivity contribution >= 4 is 5.91 Å². The van der Waals surface area contributed by atoms with Crippen LogP contribution in [0.25, 0.3) is 11.4 Å². The molecule has 1 amide bonds. The Hall–Kier alpha value is -3.22. The van der Waals surface area contributed by atoms with Gasteiger partial charge in [0, 0.05) is 36.8 Å². The Labute approximate surface area is 151 Å². The first kappa shape index (κ1) is 16.3. The maximum absolute atomic E-state index is 12.5. The molecule has 1 aliphatic rings. The molecule has 26 heavy (non-hydrogen) atoms. The fourth-order valence-electron chi connectivity index (χ4n) is 3.15. The Morgan fingerprint density at radius 1 is 1.19 bits per heavy atom. The summed E-state index contributed by atoms with van der Waals surface area (Å²) in [6.45, 7) is 0.655. The van der Waals surface area contributed by atoms with E-state index in [9.17, 15) is 4.79 Å². The van der Waals surface area contributed by atoms with Crippen LogP contribution in [-0.2, 0) is 13.0 Å². The highest BCUT2D eigenvalue weighted by Crippen LogP contribution is 2.23. The first-order valence-corrected chi connectivity index (χ1v) is 8.53. The number of benzene rings is 1. The molecule has 0 spiro atoms. The number of aromatic nitrogens is 4. The van der Waals surface area contributed by atoms with Crippen molar-refractivity contribution in [1.82, 2.24) is 25.1 Å². The van der Waals surface area contributed by atoms with Crippen LogP contribution in [0, 0.1) is 0 Å². The van der Waals surface area contributed by atoms with E-state index in [1.165, 1.54) is 6.20 Å². The fourth-order valence-corrected chi connectivity index (χ4v) is 3.15. The van der Waals surface area contributed by atoms with Crippen molar-refractivity contribution in [3.05, 3.63) is 60.0 Å². The minimum atomic E-state index is -0.136. The number of carbonyl (C=O) groups is 1. The summed E-state index contributed by atoms with van der Waals surface area (Å²) in [7, 11) is 1.55. The number of ether oxygens (including phenoxy) is 1. The first-order chi connectivity index (χ1) is 12.7. The van der Waals surface area contributed by atoms with Gasteiger partial charge in [0.25, 0.3) is 5.91 Å². The number of pyridine rings is 1.